The Morgan fingerprint density at radius 2 is 2.38 bits per heavy atom. The van der Waals surface area contributed by atoms with Gasteiger partial charge in [0.25, 0.3) is 5.91 Å². The van der Waals surface area contributed by atoms with Gasteiger partial charge in [-0.05, 0) is 31.2 Å². The Hall–Kier alpha value is -1.26. The van der Waals surface area contributed by atoms with Crippen molar-refractivity contribution in [2.75, 3.05) is 13.1 Å². The summed E-state index contributed by atoms with van der Waals surface area (Å²) < 4.78 is 0. The van der Waals surface area contributed by atoms with E-state index < -0.39 is 0 Å². The highest BCUT2D eigenvalue weighted by molar-refractivity contribution is 6.31. The van der Waals surface area contributed by atoms with E-state index in [2.05, 4.69) is 10.6 Å². The summed E-state index contributed by atoms with van der Waals surface area (Å²) in [5.41, 5.74) is 0.222. The van der Waals surface area contributed by atoms with Crippen LogP contribution in [0.1, 0.15) is 16.8 Å². The molecule has 2 rings (SSSR count). The van der Waals surface area contributed by atoms with Gasteiger partial charge in [0.05, 0.1) is 5.56 Å². The number of rotatable bonds is 2. The Bertz CT molecular complexity index is 403. The number of phenolic OH excluding ortho intramolecular Hbond substituents is 1. The van der Waals surface area contributed by atoms with E-state index in [0.717, 1.165) is 19.5 Å². The number of nitrogens with one attached hydrogen (secondary N) is 2. The fourth-order valence-corrected chi connectivity index (χ4v) is 1.90. The van der Waals surface area contributed by atoms with Crippen LogP contribution in [0.3, 0.4) is 0 Å². The van der Waals surface area contributed by atoms with Gasteiger partial charge in [-0.1, -0.05) is 11.6 Å². The van der Waals surface area contributed by atoms with Crippen molar-refractivity contribution in [2.24, 2.45) is 0 Å². The molecule has 16 heavy (non-hydrogen) atoms. The summed E-state index contributed by atoms with van der Waals surface area (Å²) in [6.45, 7) is 1.68. The number of aromatic hydroxyl groups is 1. The monoisotopic (exact) mass is 240 g/mol. The predicted molar refractivity (Wildman–Crippen MR) is 61.9 cm³/mol. The zero-order chi connectivity index (χ0) is 11.5. The average molecular weight is 241 g/mol. The molecule has 1 atom stereocenters. The summed E-state index contributed by atoms with van der Waals surface area (Å²) in [6, 6.07) is 4.56. The molecule has 1 aliphatic rings. The fourth-order valence-electron chi connectivity index (χ4n) is 1.73. The second kappa shape index (κ2) is 4.72. The molecule has 1 aromatic carbocycles. The fraction of sp³-hybridized carbons (Fsp3) is 0.364. The minimum absolute atomic E-state index is 0.0483. The maximum Gasteiger partial charge on any atom is 0.255 e. The Kier molecular flexibility index (Phi) is 3.31. The third-order valence-electron chi connectivity index (χ3n) is 2.60. The van der Waals surface area contributed by atoms with Crippen molar-refractivity contribution >= 4 is 17.5 Å². The molecule has 0 unspecified atom stereocenters. The minimum Gasteiger partial charge on any atom is -0.507 e. The Labute approximate surface area is 98.6 Å². The molecule has 0 aliphatic carbocycles. The Morgan fingerprint density at radius 3 is 3.06 bits per heavy atom. The number of benzene rings is 1. The lowest BCUT2D eigenvalue weighted by atomic mass is 10.1. The van der Waals surface area contributed by atoms with E-state index in [1.807, 2.05) is 0 Å². The van der Waals surface area contributed by atoms with E-state index in [1.165, 1.54) is 12.1 Å². The maximum absolute atomic E-state index is 11.8. The van der Waals surface area contributed by atoms with E-state index in [4.69, 9.17) is 11.6 Å². The molecular formula is C11H13ClN2O2. The maximum atomic E-state index is 11.8. The number of halogens is 1. The molecule has 1 fully saturated rings. The van der Waals surface area contributed by atoms with E-state index in [-0.39, 0.29) is 23.3 Å². The van der Waals surface area contributed by atoms with Gasteiger partial charge in [-0.3, -0.25) is 4.79 Å². The van der Waals surface area contributed by atoms with Gasteiger partial charge in [0.1, 0.15) is 5.75 Å². The van der Waals surface area contributed by atoms with Crippen LogP contribution in [-0.2, 0) is 0 Å². The highest BCUT2D eigenvalue weighted by Crippen LogP contribution is 2.21. The van der Waals surface area contributed by atoms with Crippen LogP contribution < -0.4 is 10.6 Å². The smallest absolute Gasteiger partial charge is 0.255 e. The van der Waals surface area contributed by atoms with E-state index in [9.17, 15) is 9.90 Å². The summed E-state index contributed by atoms with van der Waals surface area (Å²) in [6.07, 6.45) is 0.910. The first-order valence-corrected chi connectivity index (χ1v) is 5.54. The molecule has 1 saturated heterocycles. The van der Waals surface area contributed by atoms with Crippen LogP contribution in [0.25, 0.3) is 0 Å². The van der Waals surface area contributed by atoms with Crippen molar-refractivity contribution < 1.29 is 9.90 Å². The molecule has 5 heteroatoms. The van der Waals surface area contributed by atoms with E-state index >= 15 is 0 Å². The molecular weight excluding hydrogens is 228 g/mol. The largest absolute Gasteiger partial charge is 0.507 e. The summed E-state index contributed by atoms with van der Waals surface area (Å²) >= 11 is 5.77. The molecule has 0 radical (unpaired) electrons. The van der Waals surface area contributed by atoms with Gasteiger partial charge < -0.3 is 15.7 Å². The minimum atomic E-state index is -0.284. The van der Waals surface area contributed by atoms with Crippen molar-refractivity contribution in [2.45, 2.75) is 12.5 Å². The third-order valence-corrected chi connectivity index (χ3v) is 2.83. The number of amides is 1. The van der Waals surface area contributed by atoms with Crippen molar-refractivity contribution in [3.8, 4) is 5.75 Å². The van der Waals surface area contributed by atoms with Crippen LogP contribution >= 0.6 is 11.6 Å². The number of carbonyl (C=O) groups excluding carboxylic acids is 1. The van der Waals surface area contributed by atoms with Gasteiger partial charge in [0, 0.05) is 17.6 Å². The average Bonchev–Trinajstić information content (AvgIpc) is 2.74. The first-order valence-electron chi connectivity index (χ1n) is 5.17. The molecule has 0 aromatic heterocycles. The van der Waals surface area contributed by atoms with Gasteiger partial charge in [-0.15, -0.1) is 0 Å². The number of hydrogen-bond acceptors (Lipinski definition) is 3. The quantitative estimate of drug-likeness (QED) is 0.727. The van der Waals surface area contributed by atoms with Crippen molar-refractivity contribution in [3.63, 3.8) is 0 Å². The molecule has 1 amide bonds. The van der Waals surface area contributed by atoms with Crippen LogP contribution in [0, 0.1) is 0 Å². The highest BCUT2D eigenvalue weighted by atomic mass is 35.5. The molecule has 1 aliphatic heterocycles. The lowest BCUT2D eigenvalue weighted by molar-refractivity contribution is 0.0937. The Morgan fingerprint density at radius 1 is 1.56 bits per heavy atom. The van der Waals surface area contributed by atoms with Crippen molar-refractivity contribution in [1.82, 2.24) is 10.6 Å². The molecule has 0 spiro atoms. The van der Waals surface area contributed by atoms with E-state index in [0.29, 0.717) is 5.02 Å². The topological polar surface area (TPSA) is 61.4 Å². The van der Waals surface area contributed by atoms with E-state index in [1.54, 1.807) is 6.07 Å². The molecule has 4 nitrogen and oxygen atoms in total. The first kappa shape index (κ1) is 11.2. The lowest BCUT2D eigenvalue weighted by Gasteiger charge is -2.12. The first-order chi connectivity index (χ1) is 7.66. The van der Waals surface area contributed by atoms with Crippen LogP contribution in [-0.4, -0.2) is 30.1 Å². The standard InChI is InChI=1S/C11H13ClN2O2/c12-7-1-2-10(15)9(5-7)11(16)14-8-3-4-13-6-8/h1-2,5,8,13,15H,3-4,6H2,(H,14,16)/t8-/m0/s1. The second-order valence-electron chi connectivity index (χ2n) is 3.82. The zero-order valence-corrected chi connectivity index (χ0v) is 9.42. The summed E-state index contributed by atoms with van der Waals surface area (Å²) in [7, 11) is 0. The molecule has 86 valence electrons. The molecule has 1 heterocycles. The molecule has 1 aromatic rings. The summed E-state index contributed by atoms with van der Waals surface area (Å²) in [5.74, 6) is -0.332. The predicted octanol–water partition coefficient (Wildman–Crippen LogP) is 1.14. The van der Waals surface area contributed by atoms with Gasteiger partial charge in [-0.25, -0.2) is 0 Å². The normalized spacial score (nSPS) is 19.7. The third kappa shape index (κ3) is 2.46. The van der Waals surface area contributed by atoms with Crippen LogP contribution in [0.4, 0.5) is 0 Å². The summed E-state index contributed by atoms with van der Waals surface area (Å²) in [5, 5.41) is 16.0. The van der Waals surface area contributed by atoms with Crippen molar-refractivity contribution in [3.05, 3.63) is 28.8 Å². The highest BCUT2D eigenvalue weighted by Gasteiger charge is 2.19. The number of phenols is 1. The lowest BCUT2D eigenvalue weighted by Crippen LogP contribution is -2.36. The van der Waals surface area contributed by atoms with Crippen LogP contribution in [0.15, 0.2) is 18.2 Å². The van der Waals surface area contributed by atoms with Gasteiger partial charge in [0.15, 0.2) is 0 Å². The summed E-state index contributed by atoms with van der Waals surface area (Å²) in [4.78, 5) is 11.8. The SMILES string of the molecule is O=C(N[C@H]1CCNC1)c1cc(Cl)ccc1O. The number of carbonyl (C=O) groups is 1. The number of hydrogen-bond donors (Lipinski definition) is 3. The van der Waals surface area contributed by atoms with Crippen LogP contribution in [0.5, 0.6) is 5.75 Å². The zero-order valence-electron chi connectivity index (χ0n) is 8.66. The van der Waals surface area contributed by atoms with Gasteiger partial charge >= 0.3 is 0 Å². The Balaban J connectivity index is 2.10. The van der Waals surface area contributed by atoms with Gasteiger partial charge in [-0.2, -0.15) is 0 Å². The molecule has 0 saturated carbocycles. The molecule has 0 bridgehead atoms. The second-order valence-corrected chi connectivity index (χ2v) is 4.26. The van der Waals surface area contributed by atoms with Crippen LogP contribution in [0.2, 0.25) is 5.02 Å². The van der Waals surface area contributed by atoms with Crippen molar-refractivity contribution in [1.29, 1.82) is 0 Å². The molecule has 3 N–H and O–H groups in total. The van der Waals surface area contributed by atoms with Gasteiger partial charge in [0.2, 0.25) is 0 Å².